The van der Waals surface area contributed by atoms with E-state index in [0.29, 0.717) is 41.0 Å². The van der Waals surface area contributed by atoms with Crippen LogP contribution in [0, 0.1) is 11.3 Å². The maximum Gasteiger partial charge on any atom is 0.212 e. The van der Waals surface area contributed by atoms with E-state index in [2.05, 4.69) is 23.3 Å². The Labute approximate surface area is 214 Å². The van der Waals surface area contributed by atoms with Crippen molar-refractivity contribution in [2.75, 3.05) is 26.4 Å². The number of alkyl halides is 1. The molecule has 2 heterocycles. The Hall–Kier alpha value is -2.35. The number of aliphatic imine (C=N–C) groups is 1. The molecule has 1 spiro atoms. The summed E-state index contributed by atoms with van der Waals surface area (Å²) in [5, 5.41) is 17.3. The van der Waals surface area contributed by atoms with Crippen LogP contribution in [0.2, 0.25) is 0 Å². The minimum absolute atomic E-state index is 0.0700. The van der Waals surface area contributed by atoms with E-state index in [1.54, 1.807) is 13.1 Å². The molecular formula is C24H32ClFN6O2S. The van der Waals surface area contributed by atoms with Crippen molar-refractivity contribution in [3.63, 3.8) is 0 Å². The number of nitrogens with two attached hydrogens (primary N) is 1. The average Bonchev–Trinajstić information content (AvgIpc) is 3.34. The fourth-order valence-electron chi connectivity index (χ4n) is 5.89. The van der Waals surface area contributed by atoms with Gasteiger partial charge in [0, 0.05) is 42.7 Å². The number of nitrogens with one attached hydrogen (secondary N) is 1. The number of thiophene rings is 1. The molecule has 4 rings (SSSR count). The lowest BCUT2D eigenvalue weighted by Gasteiger charge is -2.53. The van der Waals surface area contributed by atoms with Crippen molar-refractivity contribution in [3.8, 4) is 6.07 Å². The molecule has 0 aromatic carbocycles. The van der Waals surface area contributed by atoms with Gasteiger partial charge in [0.1, 0.15) is 28.5 Å². The van der Waals surface area contributed by atoms with Crippen LogP contribution in [0.3, 0.4) is 0 Å². The van der Waals surface area contributed by atoms with E-state index in [1.807, 2.05) is 18.9 Å². The van der Waals surface area contributed by atoms with E-state index in [-0.39, 0.29) is 18.2 Å². The normalized spacial score (nSPS) is 31.9. The second-order valence-electron chi connectivity index (χ2n) is 9.56. The summed E-state index contributed by atoms with van der Waals surface area (Å²) in [4.78, 5) is 13.8. The fourth-order valence-corrected chi connectivity index (χ4v) is 7.15. The molecule has 2 aliphatic carbocycles. The number of rotatable bonds is 7. The van der Waals surface area contributed by atoms with Crippen molar-refractivity contribution >= 4 is 40.6 Å². The molecule has 1 aromatic heterocycles. The third kappa shape index (κ3) is 4.74. The van der Waals surface area contributed by atoms with Crippen LogP contribution >= 0.6 is 22.9 Å². The maximum atomic E-state index is 13.9. The van der Waals surface area contributed by atoms with E-state index >= 15 is 0 Å². The highest BCUT2D eigenvalue weighted by molar-refractivity contribution is 7.16. The quantitative estimate of drug-likeness (QED) is 0.245. The van der Waals surface area contributed by atoms with E-state index in [4.69, 9.17) is 31.9 Å². The molecule has 2 fully saturated rings. The number of nitrogens with zero attached hydrogens (tertiary/aromatic N) is 4. The van der Waals surface area contributed by atoms with E-state index in [1.165, 1.54) is 11.3 Å². The molecule has 0 amide bonds. The Balaban J connectivity index is 1.64. The number of anilines is 1. The summed E-state index contributed by atoms with van der Waals surface area (Å²) >= 11 is 7.74. The van der Waals surface area contributed by atoms with E-state index in [0.717, 1.165) is 29.7 Å². The van der Waals surface area contributed by atoms with Gasteiger partial charge in [-0.25, -0.2) is 9.38 Å². The predicted octanol–water partition coefficient (Wildman–Crippen LogP) is 3.69. The number of oxime groups is 1. The molecule has 1 saturated heterocycles. The molecule has 6 atom stereocenters. The standard InChI is InChI=1S/C24H32ClFN6O2S/c1-13(17-8-14(26)12-32(17)4)33-20(9-19(25)29-2)31-16-10-24(22(16)34-30-3)7-5-6-18-21(24)15(11-27)23(28)35-18/h9,13-14,16-17,22,29H,3,5-8,10,12,28H2,1-2,4H3/b19-9-,31-20?/t13-,14+,16?,17-,22+,24+/m0/s1. The van der Waals surface area contributed by atoms with Gasteiger partial charge in [-0.05, 0) is 51.6 Å². The number of aryl methyl sites for hydroxylation is 1. The van der Waals surface area contributed by atoms with Crippen molar-refractivity contribution in [1.29, 1.82) is 5.26 Å². The Bertz CT molecular complexity index is 1070. The van der Waals surface area contributed by atoms with Crippen LogP contribution < -0.4 is 11.1 Å². The zero-order chi connectivity index (χ0) is 25.3. The lowest BCUT2D eigenvalue weighted by molar-refractivity contribution is -0.0884. The Kier molecular flexibility index (Phi) is 7.60. The number of nitriles is 1. The lowest BCUT2D eigenvalue weighted by Crippen LogP contribution is -2.61. The Morgan fingerprint density at radius 3 is 2.94 bits per heavy atom. The van der Waals surface area contributed by atoms with Gasteiger partial charge in [0.15, 0.2) is 6.10 Å². The number of halogens is 2. The summed E-state index contributed by atoms with van der Waals surface area (Å²) in [6.07, 6.45) is 3.82. The third-order valence-corrected chi connectivity index (χ3v) is 8.86. The van der Waals surface area contributed by atoms with Gasteiger partial charge in [-0.3, -0.25) is 4.90 Å². The van der Waals surface area contributed by atoms with Gasteiger partial charge < -0.3 is 20.6 Å². The van der Waals surface area contributed by atoms with Gasteiger partial charge in [0.2, 0.25) is 5.90 Å². The van der Waals surface area contributed by atoms with Crippen LogP contribution in [0.5, 0.6) is 0 Å². The van der Waals surface area contributed by atoms with Crippen LogP contribution in [0.4, 0.5) is 9.39 Å². The number of hydrogen-bond acceptors (Lipinski definition) is 9. The molecule has 190 valence electrons. The Morgan fingerprint density at radius 2 is 2.31 bits per heavy atom. The van der Waals surface area contributed by atoms with E-state index in [9.17, 15) is 9.65 Å². The van der Waals surface area contributed by atoms with Crippen molar-refractivity contribution in [2.24, 2.45) is 10.1 Å². The zero-order valence-corrected chi connectivity index (χ0v) is 21.8. The molecule has 0 bridgehead atoms. The SMILES string of the molecule is C=NO[C@@H]1C(N=C(/C=C(/Cl)NC)O[C@@H](C)[C@@H]2C[C@@H](F)CN2C)C[C@@]12CCCc1sc(N)c(C#N)c12. The van der Waals surface area contributed by atoms with Gasteiger partial charge in [-0.1, -0.05) is 11.6 Å². The van der Waals surface area contributed by atoms with Crippen LogP contribution in [0.15, 0.2) is 21.4 Å². The number of fused-ring (bicyclic) bond motifs is 2. The van der Waals surface area contributed by atoms with Crippen molar-refractivity contribution in [2.45, 2.75) is 74.9 Å². The number of hydrogen-bond donors (Lipinski definition) is 2. The topological polar surface area (TPSA) is 108 Å². The second-order valence-corrected chi connectivity index (χ2v) is 11.1. The molecule has 1 aliphatic heterocycles. The maximum absolute atomic E-state index is 13.9. The zero-order valence-electron chi connectivity index (χ0n) is 20.3. The van der Waals surface area contributed by atoms with Crippen molar-refractivity contribution < 1.29 is 14.0 Å². The average molecular weight is 523 g/mol. The highest BCUT2D eigenvalue weighted by Crippen LogP contribution is 2.57. The minimum Gasteiger partial charge on any atom is -0.473 e. The molecule has 11 heteroatoms. The smallest absolute Gasteiger partial charge is 0.212 e. The first-order chi connectivity index (χ1) is 16.7. The molecule has 0 radical (unpaired) electrons. The minimum atomic E-state index is -0.872. The number of likely N-dealkylation sites (N-methyl/N-ethyl adjacent to an activating group) is 1. The van der Waals surface area contributed by atoms with Crippen LogP contribution in [-0.4, -0.2) is 68.6 Å². The van der Waals surface area contributed by atoms with Crippen LogP contribution in [0.25, 0.3) is 0 Å². The first-order valence-corrected chi connectivity index (χ1v) is 13.0. The third-order valence-electron chi connectivity index (χ3n) is 7.48. The fraction of sp³-hybridized carbons (Fsp3) is 0.625. The molecule has 35 heavy (non-hydrogen) atoms. The van der Waals surface area contributed by atoms with Gasteiger partial charge >= 0.3 is 0 Å². The van der Waals surface area contributed by atoms with Crippen molar-refractivity contribution in [1.82, 2.24) is 10.2 Å². The molecule has 3 aliphatic rings. The monoisotopic (exact) mass is 522 g/mol. The first-order valence-electron chi connectivity index (χ1n) is 11.8. The predicted molar refractivity (Wildman–Crippen MR) is 138 cm³/mol. The molecule has 3 N–H and O–H groups in total. The highest BCUT2D eigenvalue weighted by atomic mass is 35.5. The largest absolute Gasteiger partial charge is 0.473 e. The summed E-state index contributed by atoms with van der Waals surface area (Å²) in [7, 11) is 3.60. The molecule has 1 unspecified atom stereocenters. The van der Waals surface area contributed by atoms with E-state index < -0.39 is 17.7 Å². The van der Waals surface area contributed by atoms with Crippen molar-refractivity contribution in [3.05, 3.63) is 27.2 Å². The number of nitrogen functional groups attached to an aromatic ring is 1. The Morgan fingerprint density at radius 1 is 1.54 bits per heavy atom. The molecule has 1 aromatic rings. The summed E-state index contributed by atoms with van der Waals surface area (Å²) in [5.74, 6) is 0.339. The second kappa shape index (κ2) is 10.3. The number of likely N-dealkylation sites (tertiary alicyclic amines) is 1. The number of ether oxygens (including phenoxy) is 1. The first kappa shape index (κ1) is 25.7. The van der Waals surface area contributed by atoms with Gasteiger partial charge in [-0.2, -0.15) is 5.26 Å². The molecular weight excluding hydrogens is 491 g/mol. The summed E-state index contributed by atoms with van der Waals surface area (Å²) in [5.41, 5.74) is 7.30. The van der Waals surface area contributed by atoms with Gasteiger partial charge in [-0.15, -0.1) is 16.5 Å². The van der Waals surface area contributed by atoms with Gasteiger partial charge in [0.05, 0.1) is 11.6 Å². The highest BCUT2D eigenvalue weighted by Gasteiger charge is 2.60. The molecule has 1 saturated carbocycles. The molecule has 8 nitrogen and oxygen atoms in total. The van der Waals surface area contributed by atoms with Crippen LogP contribution in [-0.2, 0) is 21.4 Å². The summed E-state index contributed by atoms with van der Waals surface area (Å²) < 4.78 is 20.2. The van der Waals surface area contributed by atoms with Gasteiger partial charge in [0.25, 0.3) is 0 Å². The summed E-state index contributed by atoms with van der Waals surface area (Å²) in [6.45, 7) is 5.83. The summed E-state index contributed by atoms with van der Waals surface area (Å²) in [6, 6.07) is 1.94. The van der Waals surface area contributed by atoms with Crippen LogP contribution in [0.1, 0.15) is 48.6 Å². The lowest BCUT2D eigenvalue weighted by atomic mass is 9.54.